The molecule has 0 amide bonds. The van der Waals surface area contributed by atoms with Gasteiger partial charge in [0.1, 0.15) is 0 Å². The monoisotopic (exact) mass is 451 g/mol. The van der Waals surface area contributed by atoms with Gasteiger partial charge < -0.3 is 0 Å². The first kappa shape index (κ1) is 25.1. The van der Waals surface area contributed by atoms with Crippen molar-refractivity contribution in [3.8, 4) is 0 Å². The van der Waals surface area contributed by atoms with Gasteiger partial charge >= 0.3 is 0 Å². The maximum atomic E-state index is 12.3. The minimum atomic E-state index is -3.31. The molecular weight excluding hydrogens is 414 g/mol. The summed E-state index contributed by atoms with van der Waals surface area (Å²) in [6, 6.07) is 0. The fourth-order valence-corrected chi connectivity index (χ4v) is 7.12. The third-order valence-corrected chi connectivity index (χ3v) is 9.45. The molecule has 1 aliphatic carbocycles. The van der Waals surface area contributed by atoms with E-state index in [2.05, 4.69) is 13.5 Å². The van der Waals surface area contributed by atoms with Crippen LogP contribution in [0.4, 0.5) is 0 Å². The largest absolute Gasteiger partial charge is 0.267 e. The van der Waals surface area contributed by atoms with Crippen molar-refractivity contribution in [2.24, 2.45) is 11.8 Å². The zero-order valence-corrected chi connectivity index (χ0v) is 20.1. The van der Waals surface area contributed by atoms with Crippen LogP contribution in [0, 0.1) is 11.8 Å². The van der Waals surface area contributed by atoms with E-state index in [4.69, 9.17) is 19.6 Å². The van der Waals surface area contributed by atoms with Crippen LogP contribution in [0.2, 0.25) is 0 Å². The van der Waals surface area contributed by atoms with E-state index in [0.717, 1.165) is 36.5 Å². The average molecular weight is 452 g/mol. The Morgan fingerprint density at radius 2 is 1.72 bits per heavy atom. The number of hydrogen-bond donors (Lipinski definition) is 0. The van der Waals surface area contributed by atoms with Crippen LogP contribution in [0.3, 0.4) is 0 Å². The minimum absolute atomic E-state index is 0.108. The first-order valence-corrected chi connectivity index (χ1v) is 13.7. The first-order valence-electron chi connectivity index (χ1n) is 10.7. The second-order valence-corrected chi connectivity index (χ2v) is 12.1. The molecule has 3 aliphatic rings. The van der Waals surface area contributed by atoms with Crippen LogP contribution in [0.1, 0.15) is 73.1 Å². The molecule has 0 aromatic rings. The molecule has 7 nitrogen and oxygen atoms in total. The zero-order valence-electron chi connectivity index (χ0n) is 18.4. The predicted molar refractivity (Wildman–Crippen MR) is 115 cm³/mol. The SMILES string of the molecule is C=C1CC(C)CC(C2(C)OOC3(CCN(S(=O)(=O)SCCC)CC3)OO2)C1.CC. The summed E-state index contributed by atoms with van der Waals surface area (Å²) in [5, 5.41) is 0. The highest BCUT2D eigenvalue weighted by atomic mass is 33.1. The van der Waals surface area contributed by atoms with Crippen molar-refractivity contribution in [2.75, 3.05) is 18.8 Å². The highest BCUT2D eigenvalue weighted by Gasteiger charge is 2.52. The Morgan fingerprint density at radius 1 is 1.14 bits per heavy atom. The fraction of sp³-hybridized carbons (Fsp3) is 0.900. The minimum Gasteiger partial charge on any atom is -0.200 e. The fourth-order valence-electron chi connectivity index (χ4n) is 3.94. The molecule has 2 aliphatic heterocycles. The molecule has 1 spiro atoms. The number of piperidine rings is 1. The van der Waals surface area contributed by atoms with Gasteiger partial charge in [-0.3, -0.25) is 0 Å². The summed E-state index contributed by atoms with van der Waals surface area (Å²) in [6.45, 7) is 14.7. The van der Waals surface area contributed by atoms with Gasteiger partial charge in [-0.2, -0.15) is 23.9 Å². The van der Waals surface area contributed by atoms with E-state index in [1.54, 1.807) is 0 Å². The van der Waals surface area contributed by atoms with Crippen molar-refractivity contribution < 1.29 is 28.0 Å². The van der Waals surface area contributed by atoms with Gasteiger partial charge in [0, 0.05) is 37.6 Å². The van der Waals surface area contributed by atoms with Crippen molar-refractivity contribution >= 4 is 19.8 Å². The van der Waals surface area contributed by atoms with Crippen molar-refractivity contribution in [3.05, 3.63) is 12.2 Å². The predicted octanol–water partition coefficient (Wildman–Crippen LogP) is 4.81. The van der Waals surface area contributed by atoms with Crippen LogP contribution in [-0.4, -0.2) is 43.1 Å². The van der Waals surface area contributed by atoms with E-state index in [1.807, 2.05) is 27.7 Å². The maximum Gasteiger partial charge on any atom is 0.267 e. The Morgan fingerprint density at radius 3 is 2.24 bits per heavy atom. The van der Waals surface area contributed by atoms with Gasteiger partial charge in [0.2, 0.25) is 11.6 Å². The standard InChI is InChI=1S/C18H31NO6S2.C2H6/c1-5-10-26-27(20,21)19-8-6-18(7-9-19)24-22-17(4,23-25-18)16-12-14(2)11-15(3)13-16;1-2/h15-16H,2,5-13H2,1,3-4H3;1-2H3. The van der Waals surface area contributed by atoms with Crippen LogP contribution in [0.25, 0.3) is 0 Å². The summed E-state index contributed by atoms with van der Waals surface area (Å²) in [7, 11) is -2.32. The van der Waals surface area contributed by atoms with Crippen LogP contribution < -0.4 is 0 Å². The lowest BCUT2D eigenvalue weighted by Crippen LogP contribution is -2.57. The van der Waals surface area contributed by atoms with E-state index in [-0.39, 0.29) is 5.92 Å². The summed E-state index contributed by atoms with van der Waals surface area (Å²) in [6.07, 6.45) is 4.35. The molecule has 29 heavy (non-hydrogen) atoms. The van der Waals surface area contributed by atoms with E-state index in [0.29, 0.717) is 37.6 Å². The van der Waals surface area contributed by atoms with Crippen molar-refractivity contribution in [1.82, 2.24) is 4.31 Å². The Labute approximate surface area is 179 Å². The molecular formula is C20H37NO6S2. The van der Waals surface area contributed by atoms with E-state index < -0.39 is 20.6 Å². The van der Waals surface area contributed by atoms with Gasteiger partial charge in [0.15, 0.2) is 0 Å². The average Bonchev–Trinajstić information content (AvgIpc) is 2.70. The molecule has 0 aromatic heterocycles. The Hall–Kier alpha value is -0.160. The Bertz CT molecular complexity index is 635. The molecule has 0 radical (unpaired) electrons. The van der Waals surface area contributed by atoms with E-state index >= 15 is 0 Å². The molecule has 3 rings (SSSR count). The lowest BCUT2D eigenvalue weighted by atomic mass is 9.76. The van der Waals surface area contributed by atoms with Crippen LogP contribution >= 0.6 is 10.8 Å². The van der Waals surface area contributed by atoms with Gasteiger partial charge in [0.05, 0.1) is 0 Å². The molecule has 3 fully saturated rings. The molecule has 2 unspecified atom stereocenters. The zero-order chi connectivity index (χ0) is 21.7. The molecule has 0 N–H and O–H groups in total. The topological polar surface area (TPSA) is 74.3 Å². The summed E-state index contributed by atoms with van der Waals surface area (Å²) in [5.41, 5.74) is 1.19. The maximum absolute atomic E-state index is 12.3. The molecule has 2 heterocycles. The number of rotatable bonds is 5. The van der Waals surface area contributed by atoms with Gasteiger partial charge in [-0.25, -0.2) is 8.42 Å². The lowest BCUT2D eigenvalue weighted by Gasteiger charge is -2.48. The number of nitrogens with zero attached hydrogens (tertiary/aromatic N) is 1. The molecule has 170 valence electrons. The van der Waals surface area contributed by atoms with Gasteiger partial charge in [-0.15, -0.1) is 0 Å². The van der Waals surface area contributed by atoms with E-state index in [9.17, 15) is 8.42 Å². The lowest BCUT2D eigenvalue weighted by molar-refractivity contribution is -0.663. The second kappa shape index (κ2) is 10.4. The third-order valence-electron chi connectivity index (χ3n) is 5.56. The van der Waals surface area contributed by atoms with Gasteiger partial charge in [-0.05, 0) is 49.3 Å². The molecule has 1 saturated carbocycles. The first-order chi connectivity index (χ1) is 13.7. The summed E-state index contributed by atoms with van der Waals surface area (Å²) >= 11 is 0. The second-order valence-electron chi connectivity index (χ2n) is 8.13. The van der Waals surface area contributed by atoms with Crippen molar-refractivity contribution in [2.45, 2.75) is 84.7 Å². The van der Waals surface area contributed by atoms with Crippen molar-refractivity contribution in [1.29, 1.82) is 0 Å². The molecule has 0 bridgehead atoms. The normalized spacial score (nSPS) is 29.9. The number of hydrogen-bond acceptors (Lipinski definition) is 7. The highest BCUT2D eigenvalue weighted by molar-refractivity contribution is 8.71. The number of allylic oxidation sites excluding steroid dienone is 1. The Kier molecular flexibility index (Phi) is 9.03. The van der Waals surface area contributed by atoms with Crippen LogP contribution in [0.5, 0.6) is 0 Å². The molecule has 2 saturated heterocycles. The van der Waals surface area contributed by atoms with Crippen LogP contribution in [-0.2, 0) is 28.6 Å². The van der Waals surface area contributed by atoms with Crippen LogP contribution in [0.15, 0.2) is 12.2 Å². The van der Waals surface area contributed by atoms with Gasteiger partial charge in [-0.1, -0.05) is 39.8 Å². The Balaban J connectivity index is 0.00000145. The molecule has 9 heteroatoms. The molecule has 0 aromatic carbocycles. The quantitative estimate of drug-likeness (QED) is 0.337. The highest BCUT2D eigenvalue weighted by Crippen LogP contribution is 2.45. The summed E-state index contributed by atoms with van der Waals surface area (Å²) in [4.78, 5) is 22.8. The summed E-state index contributed by atoms with van der Waals surface area (Å²) in [5.74, 6) is -0.809. The smallest absolute Gasteiger partial charge is 0.200 e. The molecule has 2 atom stereocenters. The summed E-state index contributed by atoms with van der Waals surface area (Å²) < 4.78 is 26.1. The van der Waals surface area contributed by atoms with E-state index in [1.165, 1.54) is 9.88 Å². The third kappa shape index (κ3) is 6.18. The van der Waals surface area contributed by atoms with Crippen molar-refractivity contribution in [3.63, 3.8) is 0 Å². The van der Waals surface area contributed by atoms with Gasteiger partial charge in [0.25, 0.3) is 9.06 Å².